The molecule has 1 heterocycles. The Morgan fingerprint density at radius 2 is 2.15 bits per heavy atom. The van der Waals surface area contributed by atoms with Crippen LogP contribution in [0.1, 0.15) is 17.6 Å². The van der Waals surface area contributed by atoms with Crippen molar-refractivity contribution in [1.82, 2.24) is 0 Å². The highest BCUT2D eigenvalue weighted by Gasteiger charge is 2.17. The largest absolute Gasteiger partial charge is 0.384 e. The third-order valence-corrected chi connectivity index (χ3v) is 2.85. The van der Waals surface area contributed by atoms with Gasteiger partial charge in [-0.3, -0.25) is 0 Å². The predicted octanol–water partition coefficient (Wildman–Crippen LogP) is 3.35. The maximum atomic E-state index is 12.4. The number of anilines is 1. The van der Waals surface area contributed by atoms with Gasteiger partial charge in [-0.05, 0) is 24.1 Å². The second-order valence-electron chi connectivity index (χ2n) is 3.01. The van der Waals surface area contributed by atoms with Crippen LogP contribution in [0.15, 0.2) is 16.6 Å². The van der Waals surface area contributed by atoms with Crippen LogP contribution in [0, 0.1) is 0 Å². The third-order valence-electron chi connectivity index (χ3n) is 2.17. The van der Waals surface area contributed by atoms with E-state index >= 15 is 0 Å². The van der Waals surface area contributed by atoms with Gasteiger partial charge < -0.3 is 5.32 Å². The Bertz CT molecular complexity index is 339. The summed E-state index contributed by atoms with van der Waals surface area (Å²) in [5, 5.41) is 3.07. The second-order valence-corrected chi connectivity index (χ2v) is 3.86. The minimum atomic E-state index is -2.41. The monoisotopic (exact) mass is 247 g/mol. The molecule has 0 aliphatic carbocycles. The zero-order chi connectivity index (χ0) is 9.42. The minimum Gasteiger partial charge on any atom is -0.384 e. The fourth-order valence-electron chi connectivity index (χ4n) is 1.50. The number of benzene rings is 1. The molecular weight excluding hydrogens is 240 g/mol. The molecule has 1 aromatic carbocycles. The van der Waals surface area contributed by atoms with Gasteiger partial charge in [0.2, 0.25) is 0 Å². The first-order valence-electron chi connectivity index (χ1n) is 4.03. The Hall–Kier alpha value is -0.640. The van der Waals surface area contributed by atoms with Crippen LogP contribution in [0.4, 0.5) is 14.5 Å². The topological polar surface area (TPSA) is 12.0 Å². The number of nitrogens with one attached hydrogen (secondary N) is 1. The molecule has 1 aliphatic heterocycles. The van der Waals surface area contributed by atoms with Crippen molar-refractivity contribution in [1.29, 1.82) is 0 Å². The summed E-state index contributed by atoms with van der Waals surface area (Å²) >= 11 is 3.14. The zero-order valence-corrected chi connectivity index (χ0v) is 8.37. The number of fused-ring (bicyclic) bond motifs is 1. The highest BCUT2D eigenvalue weighted by Crippen LogP contribution is 2.34. The van der Waals surface area contributed by atoms with Crippen molar-refractivity contribution < 1.29 is 8.78 Å². The van der Waals surface area contributed by atoms with Crippen molar-refractivity contribution in [2.45, 2.75) is 12.8 Å². The molecule has 1 nitrogen and oxygen atoms in total. The molecule has 0 unspecified atom stereocenters. The molecule has 0 atom stereocenters. The van der Waals surface area contributed by atoms with Crippen LogP contribution >= 0.6 is 15.9 Å². The smallest absolute Gasteiger partial charge is 0.265 e. The lowest BCUT2D eigenvalue weighted by Gasteiger charge is -2.06. The van der Waals surface area contributed by atoms with E-state index < -0.39 is 6.43 Å². The number of hydrogen-bond donors (Lipinski definition) is 1. The lowest BCUT2D eigenvalue weighted by Crippen LogP contribution is -1.92. The summed E-state index contributed by atoms with van der Waals surface area (Å²) in [7, 11) is 0. The molecule has 0 radical (unpaired) electrons. The highest BCUT2D eigenvalue weighted by molar-refractivity contribution is 9.10. The van der Waals surface area contributed by atoms with Gasteiger partial charge in [0.1, 0.15) is 0 Å². The van der Waals surface area contributed by atoms with Crippen molar-refractivity contribution >= 4 is 21.6 Å². The van der Waals surface area contributed by atoms with Crippen molar-refractivity contribution in [3.05, 3.63) is 27.7 Å². The second kappa shape index (κ2) is 3.25. The Balaban J connectivity index is 2.49. The molecule has 0 amide bonds. The van der Waals surface area contributed by atoms with E-state index in [4.69, 9.17) is 0 Å². The summed E-state index contributed by atoms with van der Waals surface area (Å²) in [6, 6.07) is 3.30. The molecule has 1 aromatic rings. The Morgan fingerprint density at radius 1 is 1.38 bits per heavy atom. The number of hydrogen-bond acceptors (Lipinski definition) is 1. The number of halogens is 3. The summed E-state index contributed by atoms with van der Waals surface area (Å²) in [5.41, 5.74) is 2.02. The van der Waals surface area contributed by atoms with Crippen LogP contribution in [0.25, 0.3) is 0 Å². The molecule has 0 bridgehead atoms. The highest BCUT2D eigenvalue weighted by atomic mass is 79.9. The van der Waals surface area contributed by atoms with E-state index in [0.717, 1.165) is 24.2 Å². The fourth-order valence-corrected chi connectivity index (χ4v) is 2.07. The average Bonchev–Trinajstić information content (AvgIpc) is 2.48. The normalized spacial score (nSPS) is 14.5. The van der Waals surface area contributed by atoms with Gasteiger partial charge in [-0.1, -0.05) is 15.9 Å². The predicted molar refractivity (Wildman–Crippen MR) is 51.3 cm³/mol. The van der Waals surface area contributed by atoms with Gasteiger partial charge in [0.05, 0.1) is 0 Å². The van der Waals surface area contributed by atoms with E-state index in [2.05, 4.69) is 21.2 Å². The summed E-state index contributed by atoms with van der Waals surface area (Å²) in [4.78, 5) is 0. The minimum absolute atomic E-state index is 0.0631. The molecule has 0 saturated carbocycles. The molecule has 0 saturated heterocycles. The van der Waals surface area contributed by atoms with Gasteiger partial charge in [-0.2, -0.15) is 0 Å². The summed E-state index contributed by atoms with van der Waals surface area (Å²) in [5.74, 6) is 0. The van der Waals surface area contributed by atoms with Gasteiger partial charge in [0, 0.05) is 22.3 Å². The maximum Gasteiger partial charge on any atom is 0.265 e. The summed E-state index contributed by atoms with van der Waals surface area (Å²) in [6.07, 6.45) is -1.50. The molecule has 2 rings (SSSR count). The van der Waals surface area contributed by atoms with Crippen LogP contribution < -0.4 is 5.32 Å². The summed E-state index contributed by atoms with van der Waals surface area (Å²) < 4.78 is 25.4. The molecule has 13 heavy (non-hydrogen) atoms. The van der Waals surface area contributed by atoms with Gasteiger partial charge in [-0.15, -0.1) is 0 Å². The Morgan fingerprint density at radius 3 is 2.85 bits per heavy atom. The molecular formula is C9H8BrF2N. The van der Waals surface area contributed by atoms with Gasteiger partial charge in [0.25, 0.3) is 6.43 Å². The molecule has 1 N–H and O–H groups in total. The van der Waals surface area contributed by atoms with E-state index in [1.54, 1.807) is 6.07 Å². The lowest BCUT2D eigenvalue weighted by molar-refractivity contribution is 0.150. The van der Waals surface area contributed by atoms with E-state index in [1.807, 2.05) is 0 Å². The zero-order valence-electron chi connectivity index (χ0n) is 6.78. The fraction of sp³-hybridized carbons (Fsp3) is 0.333. The van der Waals surface area contributed by atoms with E-state index in [9.17, 15) is 8.78 Å². The molecule has 0 aromatic heterocycles. The van der Waals surface area contributed by atoms with Gasteiger partial charge >= 0.3 is 0 Å². The first kappa shape index (κ1) is 8.94. The molecule has 70 valence electrons. The van der Waals surface area contributed by atoms with Crippen LogP contribution in [-0.2, 0) is 6.42 Å². The van der Waals surface area contributed by atoms with Gasteiger partial charge in [-0.25, -0.2) is 8.78 Å². The molecule has 1 aliphatic rings. The SMILES string of the molecule is FC(F)c1cc2c(cc1Br)CCN2. The van der Waals surface area contributed by atoms with E-state index in [-0.39, 0.29) is 5.56 Å². The van der Waals surface area contributed by atoms with Crippen molar-refractivity contribution in [2.75, 3.05) is 11.9 Å². The quantitative estimate of drug-likeness (QED) is 0.803. The number of rotatable bonds is 1. The van der Waals surface area contributed by atoms with E-state index in [0.29, 0.717) is 4.47 Å². The Kier molecular flexibility index (Phi) is 2.24. The van der Waals surface area contributed by atoms with Crippen LogP contribution in [0.2, 0.25) is 0 Å². The third kappa shape index (κ3) is 1.55. The van der Waals surface area contributed by atoms with Crippen molar-refractivity contribution in [3.63, 3.8) is 0 Å². The van der Waals surface area contributed by atoms with Crippen molar-refractivity contribution in [3.8, 4) is 0 Å². The Labute approximate surface area is 83.3 Å². The maximum absolute atomic E-state index is 12.4. The average molecular weight is 248 g/mol. The first-order valence-corrected chi connectivity index (χ1v) is 4.82. The summed E-state index contributed by atoms with van der Waals surface area (Å²) in [6.45, 7) is 0.842. The molecule has 4 heteroatoms. The standard InChI is InChI=1S/C9H8BrF2N/c10-7-3-5-1-2-13-8(5)4-6(7)9(11)12/h3-4,9,13H,1-2H2. The first-order chi connectivity index (χ1) is 6.18. The number of alkyl halides is 2. The van der Waals surface area contributed by atoms with Crippen LogP contribution in [-0.4, -0.2) is 6.54 Å². The molecule has 0 spiro atoms. The van der Waals surface area contributed by atoms with Crippen molar-refractivity contribution in [2.24, 2.45) is 0 Å². The lowest BCUT2D eigenvalue weighted by atomic mass is 10.1. The van der Waals surface area contributed by atoms with E-state index in [1.165, 1.54) is 6.07 Å². The van der Waals surface area contributed by atoms with Gasteiger partial charge in [0.15, 0.2) is 0 Å². The molecule has 0 fully saturated rings. The van der Waals surface area contributed by atoms with Crippen LogP contribution in [0.5, 0.6) is 0 Å². The van der Waals surface area contributed by atoms with Crippen LogP contribution in [0.3, 0.4) is 0 Å².